The van der Waals surface area contributed by atoms with Crippen LogP contribution in [0.3, 0.4) is 0 Å². The lowest BCUT2D eigenvalue weighted by atomic mass is 10.2. The summed E-state index contributed by atoms with van der Waals surface area (Å²) >= 11 is 9.68. The van der Waals surface area contributed by atoms with E-state index in [0.717, 1.165) is 0 Å². The Morgan fingerprint density at radius 3 is 2.10 bits per heavy atom. The number of methoxy groups -OCH3 is 4. The number of aromatic nitrogens is 3. The van der Waals surface area contributed by atoms with Crippen molar-refractivity contribution in [1.82, 2.24) is 15.0 Å². The molecule has 0 fully saturated rings. The largest absolute Gasteiger partial charge is 0.493 e. The lowest BCUT2D eigenvalue weighted by Crippen LogP contribution is -2.04. The Bertz CT molecular complexity index is 1010. The minimum atomic E-state index is 0.226. The van der Waals surface area contributed by atoms with Crippen molar-refractivity contribution in [2.24, 2.45) is 0 Å². The normalized spacial score (nSPS) is 10.3. The number of nitrogens with zero attached hydrogens (tertiary/aromatic N) is 3. The fraction of sp³-hybridized carbons (Fsp3) is 0.211. The quantitative estimate of drug-likeness (QED) is 0.426. The molecular weight excluding hydrogens is 478 g/mol. The third-order valence-electron chi connectivity index (χ3n) is 3.94. The first-order chi connectivity index (χ1) is 14.5. The summed E-state index contributed by atoms with van der Waals surface area (Å²) in [5.41, 5.74) is 1.32. The lowest BCUT2D eigenvalue weighted by Gasteiger charge is -2.15. The summed E-state index contributed by atoms with van der Waals surface area (Å²) in [5.74, 6) is 2.69. The molecule has 0 spiro atoms. The summed E-state index contributed by atoms with van der Waals surface area (Å²) in [4.78, 5) is 12.9. The predicted molar refractivity (Wildman–Crippen MR) is 118 cm³/mol. The lowest BCUT2D eigenvalue weighted by molar-refractivity contribution is 0.324. The molecule has 2 N–H and O–H groups in total. The summed E-state index contributed by atoms with van der Waals surface area (Å²) in [6.45, 7) is 0. The van der Waals surface area contributed by atoms with Gasteiger partial charge in [-0.15, -0.1) is 0 Å². The number of halogens is 2. The second-order valence-corrected chi connectivity index (χ2v) is 6.90. The number of benzene rings is 1. The Morgan fingerprint density at radius 2 is 1.57 bits per heavy atom. The fourth-order valence-electron chi connectivity index (χ4n) is 2.55. The van der Waals surface area contributed by atoms with Gasteiger partial charge in [0.05, 0.1) is 44.8 Å². The maximum Gasteiger partial charge on any atom is 0.230 e. The molecule has 3 aromatic rings. The minimum absolute atomic E-state index is 0.226. The van der Waals surface area contributed by atoms with Crippen LogP contribution in [0.4, 0.5) is 23.1 Å². The second kappa shape index (κ2) is 9.68. The Kier molecular flexibility index (Phi) is 7.01. The number of ether oxygens (including phenoxy) is 4. The van der Waals surface area contributed by atoms with Gasteiger partial charge in [-0.2, -0.15) is 9.97 Å². The van der Waals surface area contributed by atoms with Gasteiger partial charge >= 0.3 is 0 Å². The second-order valence-electron chi connectivity index (χ2n) is 5.75. The van der Waals surface area contributed by atoms with E-state index in [4.69, 9.17) is 30.5 Å². The highest BCUT2D eigenvalue weighted by Gasteiger charge is 2.16. The molecular formula is C19H19BrClN5O4. The molecule has 11 heteroatoms. The first kappa shape index (κ1) is 21.7. The van der Waals surface area contributed by atoms with Gasteiger partial charge in [-0.25, -0.2) is 4.98 Å². The SMILES string of the molecule is COc1ccc(Nc2nc(Nc3cc(OC)c(OC)c(OC)c3)nc(Cl)c2Br)cn1. The van der Waals surface area contributed by atoms with Gasteiger partial charge in [0.2, 0.25) is 17.6 Å². The van der Waals surface area contributed by atoms with Crippen molar-refractivity contribution < 1.29 is 18.9 Å². The zero-order chi connectivity index (χ0) is 21.7. The summed E-state index contributed by atoms with van der Waals surface area (Å²) < 4.78 is 21.7. The highest BCUT2D eigenvalue weighted by molar-refractivity contribution is 9.10. The smallest absolute Gasteiger partial charge is 0.230 e. The molecule has 0 atom stereocenters. The summed E-state index contributed by atoms with van der Waals surface area (Å²) in [6, 6.07) is 7.01. The van der Waals surface area contributed by atoms with Crippen LogP contribution in [0.1, 0.15) is 0 Å². The van der Waals surface area contributed by atoms with Gasteiger partial charge < -0.3 is 29.6 Å². The molecule has 0 aliphatic carbocycles. The van der Waals surface area contributed by atoms with Crippen LogP contribution in [0.5, 0.6) is 23.1 Å². The van der Waals surface area contributed by atoms with Crippen LogP contribution in [0.2, 0.25) is 5.15 Å². The number of hydrogen-bond acceptors (Lipinski definition) is 9. The summed E-state index contributed by atoms with van der Waals surface area (Å²) in [5, 5.41) is 6.47. The van der Waals surface area contributed by atoms with Gasteiger partial charge in [-0.05, 0) is 22.0 Å². The molecule has 0 saturated carbocycles. The maximum atomic E-state index is 6.28. The van der Waals surface area contributed by atoms with E-state index in [1.54, 1.807) is 51.8 Å². The maximum absolute atomic E-state index is 6.28. The average molecular weight is 497 g/mol. The number of rotatable bonds is 8. The molecule has 3 rings (SSSR count). The van der Waals surface area contributed by atoms with E-state index in [2.05, 4.69) is 41.5 Å². The molecule has 0 bridgehead atoms. The highest BCUT2D eigenvalue weighted by Crippen LogP contribution is 2.41. The Morgan fingerprint density at radius 1 is 0.867 bits per heavy atom. The summed E-state index contributed by atoms with van der Waals surface area (Å²) in [6.07, 6.45) is 1.62. The first-order valence-electron chi connectivity index (χ1n) is 8.56. The molecule has 2 heterocycles. The van der Waals surface area contributed by atoms with Crippen LogP contribution in [0.25, 0.3) is 0 Å². The third kappa shape index (κ3) is 4.77. The van der Waals surface area contributed by atoms with Crippen molar-refractivity contribution in [3.8, 4) is 23.1 Å². The molecule has 0 unspecified atom stereocenters. The van der Waals surface area contributed by atoms with Crippen LogP contribution >= 0.6 is 27.5 Å². The van der Waals surface area contributed by atoms with E-state index in [1.165, 1.54) is 7.11 Å². The van der Waals surface area contributed by atoms with E-state index in [0.29, 0.717) is 44.8 Å². The monoisotopic (exact) mass is 495 g/mol. The van der Waals surface area contributed by atoms with Crippen molar-refractivity contribution in [2.45, 2.75) is 0 Å². The Hall–Kier alpha value is -2.98. The molecule has 0 radical (unpaired) electrons. The number of pyridine rings is 1. The van der Waals surface area contributed by atoms with Gasteiger partial charge in [0.25, 0.3) is 0 Å². The molecule has 0 aliphatic rings. The van der Waals surface area contributed by atoms with E-state index in [1.807, 2.05) is 0 Å². The van der Waals surface area contributed by atoms with Crippen molar-refractivity contribution in [1.29, 1.82) is 0 Å². The van der Waals surface area contributed by atoms with Crippen LogP contribution in [0, 0.1) is 0 Å². The molecule has 0 amide bonds. The molecule has 1 aromatic carbocycles. The zero-order valence-corrected chi connectivity index (χ0v) is 19.0. The van der Waals surface area contributed by atoms with Gasteiger partial charge in [-0.1, -0.05) is 11.6 Å². The summed E-state index contributed by atoms with van der Waals surface area (Å²) in [7, 11) is 6.17. The Balaban J connectivity index is 1.91. The predicted octanol–water partition coefficient (Wildman–Crippen LogP) is 4.81. The number of nitrogens with one attached hydrogen (secondary N) is 2. The molecule has 30 heavy (non-hydrogen) atoms. The molecule has 2 aromatic heterocycles. The number of hydrogen-bond donors (Lipinski definition) is 2. The van der Waals surface area contributed by atoms with Crippen LogP contribution < -0.4 is 29.6 Å². The minimum Gasteiger partial charge on any atom is -0.493 e. The average Bonchev–Trinajstić information content (AvgIpc) is 2.76. The number of anilines is 4. The van der Waals surface area contributed by atoms with Gasteiger partial charge in [0.15, 0.2) is 22.5 Å². The van der Waals surface area contributed by atoms with Crippen LogP contribution in [0.15, 0.2) is 34.9 Å². The third-order valence-corrected chi connectivity index (χ3v) is 5.19. The van der Waals surface area contributed by atoms with Crippen molar-refractivity contribution in [3.63, 3.8) is 0 Å². The van der Waals surface area contributed by atoms with E-state index in [9.17, 15) is 0 Å². The van der Waals surface area contributed by atoms with Crippen molar-refractivity contribution in [2.75, 3.05) is 39.1 Å². The van der Waals surface area contributed by atoms with Crippen molar-refractivity contribution >= 4 is 50.7 Å². The molecule has 0 saturated heterocycles. The standard InChI is InChI=1S/C19H19BrClN5O4/c1-27-12-7-11(8-13(28-2)16(12)30-4)24-19-25-17(21)15(20)18(26-19)23-10-5-6-14(29-3)22-9-10/h5-9H,1-4H3,(H2,23,24,25,26). The van der Waals surface area contributed by atoms with E-state index in [-0.39, 0.29) is 11.1 Å². The van der Waals surface area contributed by atoms with Gasteiger partial charge in [0.1, 0.15) is 0 Å². The van der Waals surface area contributed by atoms with E-state index < -0.39 is 0 Å². The van der Waals surface area contributed by atoms with Crippen LogP contribution in [-0.2, 0) is 0 Å². The molecule has 0 aliphatic heterocycles. The van der Waals surface area contributed by atoms with Gasteiger partial charge in [-0.3, -0.25) is 0 Å². The molecule has 158 valence electrons. The van der Waals surface area contributed by atoms with E-state index >= 15 is 0 Å². The van der Waals surface area contributed by atoms with Gasteiger partial charge in [0, 0.05) is 23.9 Å². The topological polar surface area (TPSA) is 99.7 Å². The van der Waals surface area contributed by atoms with Crippen LogP contribution in [-0.4, -0.2) is 43.4 Å². The molecule has 9 nitrogen and oxygen atoms in total. The van der Waals surface area contributed by atoms with Crippen molar-refractivity contribution in [3.05, 3.63) is 40.1 Å². The fourth-order valence-corrected chi connectivity index (χ4v) is 3.00. The Labute approximate surface area is 186 Å². The zero-order valence-electron chi connectivity index (χ0n) is 16.6. The highest BCUT2D eigenvalue weighted by atomic mass is 79.9. The first-order valence-corrected chi connectivity index (χ1v) is 9.73.